The minimum atomic E-state index is -1.36. The monoisotopic (exact) mass is 306 g/mol. The number of rotatable bonds is 1. The molecule has 0 saturated carbocycles. The van der Waals surface area contributed by atoms with E-state index in [1.807, 2.05) is 0 Å². The van der Waals surface area contributed by atoms with Crippen LogP contribution in [0.4, 0.5) is 0 Å². The topological polar surface area (TPSA) is 131 Å². The second-order valence-corrected chi connectivity index (χ2v) is 5.10. The molecule has 0 fully saturated rings. The van der Waals surface area contributed by atoms with E-state index in [4.69, 9.17) is 4.74 Å². The van der Waals surface area contributed by atoms with Gasteiger partial charge in [0.1, 0.15) is 23.7 Å². The fourth-order valence-corrected chi connectivity index (χ4v) is 2.48. The number of hydrogen-bond acceptors (Lipinski definition) is 7. The van der Waals surface area contributed by atoms with E-state index in [1.165, 1.54) is 18.2 Å². The largest absolute Gasteiger partial charge is 0.508 e. The molecule has 6 N–H and O–H groups in total. The molecular formula is C15H14O7. The molecule has 0 saturated heterocycles. The predicted octanol–water partition coefficient (Wildman–Crippen LogP) is 1.04. The maximum atomic E-state index is 10.2. The third-order valence-corrected chi connectivity index (χ3v) is 3.62. The lowest BCUT2D eigenvalue weighted by atomic mass is 9.92. The highest BCUT2D eigenvalue weighted by Gasteiger charge is 2.38. The first-order valence-corrected chi connectivity index (χ1v) is 6.49. The van der Waals surface area contributed by atoms with Gasteiger partial charge >= 0.3 is 0 Å². The number of aliphatic hydroxyl groups excluding tert-OH is 2. The van der Waals surface area contributed by atoms with Crippen molar-refractivity contribution in [3.8, 4) is 28.7 Å². The van der Waals surface area contributed by atoms with Crippen molar-refractivity contribution in [3.05, 3.63) is 41.5 Å². The Morgan fingerprint density at radius 2 is 1.50 bits per heavy atom. The highest BCUT2D eigenvalue weighted by molar-refractivity contribution is 5.52. The maximum Gasteiger partial charge on any atom is 0.200 e. The first kappa shape index (κ1) is 14.3. The van der Waals surface area contributed by atoms with Gasteiger partial charge in [0.05, 0.1) is 0 Å². The van der Waals surface area contributed by atoms with E-state index in [1.54, 1.807) is 0 Å². The Kier molecular flexibility index (Phi) is 3.23. The van der Waals surface area contributed by atoms with Gasteiger partial charge in [0.2, 0.25) is 0 Å². The minimum Gasteiger partial charge on any atom is -0.508 e. The molecule has 1 aliphatic rings. The summed E-state index contributed by atoms with van der Waals surface area (Å²) in [6, 6.07) is 6.31. The van der Waals surface area contributed by atoms with Gasteiger partial charge in [0.15, 0.2) is 23.4 Å². The van der Waals surface area contributed by atoms with Crippen molar-refractivity contribution in [1.82, 2.24) is 0 Å². The second kappa shape index (κ2) is 4.97. The highest BCUT2D eigenvalue weighted by atomic mass is 16.5. The molecule has 0 aliphatic carbocycles. The Labute approximate surface area is 124 Å². The fourth-order valence-electron chi connectivity index (χ4n) is 2.48. The van der Waals surface area contributed by atoms with Crippen molar-refractivity contribution in [1.29, 1.82) is 0 Å². The number of ether oxygens (including phenoxy) is 1. The number of fused-ring (bicyclic) bond motifs is 1. The zero-order valence-corrected chi connectivity index (χ0v) is 11.2. The normalized spacial score (nSPS) is 23.6. The summed E-state index contributed by atoms with van der Waals surface area (Å²) in [5.74, 6) is -1.75. The zero-order valence-electron chi connectivity index (χ0n) is 11.2. The van der Waals surface area contributed by atoms with Gasteiger partial charge in [-0.25, -0.2) is 0 Å². The molecule has 0 unspecified atom stereocenters. The van der Waals surface area contributed by atoms with Crippen LogP contribution in [-0.2, 0) is 0 Å². The fraction of sp³-hybridized carbons (Fsp3) is 0.200. The molecule has 2 aromatic rings. The quantitative estimate of drug-likeness (QED) is 0.434. The van der Waals surface area contributed by atoms with Crippen molar-refractivity contribution < 1.29 is 35.4 Å². The number of aromatic hydroxyl groups is 4. The van der Waals surface area contributed by atoms with Crippen LogP contribution in [0.1, 0.15) is 23.3 Å². The Balaban J connectivity index is 2.06. The van der Waals surface area contributed by atoms with Crippen LogP contribution in [-0.4, -0.2) is 36.7 Å². The molecular weight excluding hydrogens is 292 g/mol. The van der Waals surface area contributed by atoms with Gasteiger partial charge in [-0.1, -0.05) is 0 Å². The molecule has 7 heteroatoms. The van der Waals surface area contributed by atoms with Crippen LogP contribution in [0.25, 0.3) is 0 Å². The zero-order chi connectivity index (χ0) is 16.0. The van der Waals surface area contributed by atoms with Crippen LogP contribution in [0.5, 0.6) is 28.7 Å². The van der Waals surface area contributed by atoms with E-state index in [2.05, 4.69) is 0 Å². The number of benzene rings is 2. The smallest absolute Gasteiger partial charge is 0.200 e. The summed E-state index contributed by atoms with van der Waals surface area (Å²) in [6.45, 7) is 0. The molecule has 1 aliphatic heterocycles. The third-order valence-electron chi connectivity index (χ3n) is 3.62. The van der Waals surface area contributed by atoms with Crippen LogP contribution in [0.15, 0.2) is 30.3 Å². The van der Waals surface area contributed by atoms with Crippen LogP contribution in [0, 0.1) is 0 Å². The van der Waals surface area contributed by atoms with Gasteiger partial charge in [0, 0.05) is 17.2 Å². The lowest BCUT2D eigenvalue weighted by molar-refractivity contribution is -0.0701. The molecule has 0 bridgehead atoms. The molecule has 3 atom stereocenters. The third kappa shape index (κ3) is 2.16. The molecule has 1 heterocycles. The molecule has 3 rings (SSSR count). The maximum absolute atomic E-state index is 10.2. The van der Waals surface area contributed by atoms with Crippen molar-refractivity contribution in [2.24, 2.45) is 0 Å². The summed E-state index contributed by atoms with van der Waals surface area (Å²) < 4.78 is 5.56. The average Bonchev–Trinajstić information content (AvgIpc) is 2.47. The molecule has 116 valence electrons. The predicted molar refractivity (Wildman–Crippen MR) is 73.9 cm³/mol. The lowest BCUT2D eigenvalue weighted by Crippen LogP contribution is -2.34. The summed E-state index contributed by atoms with van der Waals surface area (Å²) in [5.41, 5.74) is 0.474. The van der Waals surface area contributed by atoms with E-state index < -0.39 is 35.6 Å². The summed E-state index contributed by atoms with van der Waals surface area (Å²) >= 11 is 0. The molecule has 0 spiro atoms. The van der Waals surface area contributed by atoms with Gasteiger partial charge in [-0.3, -0.25) is 0 Å². The van der Waals surface area contributed by atoms with Crippen molar-refractivity contribution in [2.75, 3.05) is 0 Å². The van der Waals surface area contributed by atoms with Crippen molar-refractivity contribution >= 4 is 0 Å². The van der Waals surface area contributed by atoms with Crippen LogP contribution in [0.2, 0.25) is 0 Å². The van der Waals surface area contributed by atoms with E-state index in [9.17, 15) is 30.6 Å². The summed E-state index contributed by atoms with van der Waals surface area (Å²) in [7, 11) is 0. The van der Waals surface area contributed by atoms with E-state index >= 15 is 0 Å². The molecule has 22 heavy (non-hydrogen) atoms. The second-order valence-electron chi connectivity index (χ2n) is 5.10. The van der Waals surface area contributed by atoms with Gasteiger partial charge in [0.25, 0.3) is 0 Å². The number of aliphatic hydroxyl groups is 2. The van der Waals surface area contributed by atoms with Crippen LogP contribution >= 0.6 is 0 Å². The van der Waals surface area contributed by atoms with Gasteiger partial charge < -0.3 is 35.4 Å². The SMILES string of the molecule is Oc1ccc2c(c1)O[C@H](c1cc(O)c(O)c(O)c1)[C@H](O)[C@@H]2O. The van der Waals surface area contributed by atoms with E-state index in [-0.39, 0.29) is 17.1 Å². The summed E-state index contributed by atoms with van der Waals surface area (Å²) in [4.78, 5) is 0. The number of phenolic OH excluding ortho intramolecular Hbond substituents is 4. The van der Waals surface area contributed by atoms with E-state index in [0.29, 0.717) is 5.56 Å². The first-order valence-electron chi connectivity index (χ1n) is 6.49. The molecule has 7 nitrogen and oxygen atoms in total. The Bertz CT molecular complexity index is 705. The average molecular weight is 306 g/mol. The van der Waals surface area contributed by atoms with Crippen LogP contribution < -0.4 is 4.74 Å². The number of phenols is 4. The Morgan fingerprint density at radius 3 is 2.14 bits per heavy atom. The first-order chi connectivity index (χ1) is 10.4. The Morgan fingerprint density at radius 1 is 0.864 bits per heavy atom. The lowest BCUT2D eigenvalue weighted by Gasteiger charge is -2.34. The summed E-state index contributed by atoms with van der Waals surface area (Å²) in [6.07, 6.45) is -3.73. The van der Waals surface area contributed by atoms with Crippen LogP contribution in [0.3, 0.4) is 0 Å². The molecule has 0 amide bonds. The molecule has 2 aromatic carbocycles. The van der Waals surface area contributed by atoms with Crippen molar-refractivity contribution in [2.45, 2.75) is 18.3 Å². The molecule has 0 radical (unpaired) electrons. The summed E-state index contributed by atoms with van der Waals surface area (Å²) in [5, 5.41) is 58.3. The molecule has 0 aromatic heterocycles. The highest BCUT2D eigenvalue weighted by Crippen LogP contribution is 2.45. The van der Waals surface area contributed by atoms with E-state index in [0.717, 1.165) is 12.1 Å². The van der Waals surface area contributed by atoms with Gasteiger partial charge in [-0.15, -0.1) is 0 Å². The van der Waals surface area contributed by atoms with Gasteiger partial charge in [-0.05, 0) is 24.3 Å². The minimum absolute atomic E-state index is 0.0718. The van der Waals surface area contributed by atoms with Gasteiger partial charge in [-0.2, -0.15) is 0 Å². The van der Waals surface area contributed by atoms with Crippen molar-refractivity contribution in [3.63, 3.8) is 0 Å². The number of hydrogen-bond donors (Lipinski definition) is 6. The Hall–Kier alpha value is -2.64. The standard InChI is InChI=1S/C15H14O7/c16-7-1-2-8-11(5-7)22-15(14(21)12(8)19)6-3-9(17)13(20)10(18)4-6/h1-5,12,14-21H/t12-,14-,15-/m1/s1.